The SMILES string of the molecule is CC(C)(C)C1(C)NC(=O)N(Cc2ccc(CN)cc2)C1=O. The van der Waals surface area contributed by atoms with Crippen molar-refractivity contribution in [2.45, 2.75) is 46.3 Å². The van der Waals surface area contributed by atoms with Crippen LogP contribution in [0.25, 0.3) is 0 Å². The molecule has 1 aromatic rings. The third-order valence-electron chi connectivity index (χ3n) is 4.37. The van der Waals surface area contributed by atoms with Crippen molar-refractivity contribution in [3.8, 4) is 0 Å². The van der Waals surface area contributed by atoms with Crippen molar-refractivity contribution in [1.82, 2.24) is 10.2 Å². The number of imide groups is 1. The molecular weight excluding hydrogens is 266 g/mol. The molecule has 114 valence electrons. The summed E-state index contributed by atoms with van der Waals surface area (Å²) < 4.78 is 0. The van der Waals surface area contributed by atoms with E-state index in [1.807, 2.05) is 45.0 Å². The number of nitrogens with two attached hydrogens (primary N) is 1. The summed E-state index contributed by atoms with van der Waals surface area (Å²) in [6.07, 6.45) is 0. The first-order chi connectivity index (χ1) is 9.69. The van der Waals surface area contributed by atoms with E-state index >= 15 is 0 Å². The van der Waals surface area contributed by atoms with Gasteiger partial charge in [0, 0.05) is 6.54 Å². The Morgan fingerprint density at radius 3 is 2.10 bits per heavy atom. The molecule has 1 heterocycles. The van der Waals surface area contributed by atoms with E-state index < -0.39 is 5.54 Å². The molecule has 21 heavy (non-hydrogen) atoms. The molecule has 1 aliphatic heterocycles. The van der Waals surface area contributed by atoms with Crippen molar-refractivity contribution >= 4 is 11.9 Å². The second-order valence-electron chi connectivity index (χ2n) is 6.72. The van der Waals surface area contributed by atoms with Gasteiger partial charge < -0.3 is 11.1 Å². The number of urea groups is 1. The van der Waals surface area contributed by atoms with Gasteiger partial charge in [-0.3, -0.25) is 9.69 Å². The Balaban J connectivity index is 2.21. The first-order valence-corrected chi connectivity index (χ1v) is 7.11. The molecule has 0 aliphatic carbocycles. The summed E-state index contributed by atoms with van der Waals surface area (Å²) in [4.78, 5) is 26.1. The molecule has 1 saturated heterocycles. The molecule has 3 N–H and O–H groups in total. The summed E-state index contributed by atoms with van der Waals surface area (Å²) in [5.74, 6) is -0.178. The molecule has 0 saturated carbocycles. The second kappa shape index (κ2) is 5.15. The summed E-state index contributed by atoms with van der Waals surface area (Å²) in [6, 6.07) is 7.29. The lowest BCUT2D eigenvalue weighted by atomic mass is 9.75. The standard InChI is InChI=1S/C16H23N3O2/c1-15(2,3)16(4)13(20)19(14(21)18-16)10-12-7-5-11(9-17)6-8-12/h5-8H,9-10,17H2,1-4H3,(H,18,21). The fourth-order valence-electron chi connectivity index (χ4n) is 2.31. The summed E-state index contributed by atoms with van der Waals surface area (Å²) >= 11 is 0. The number of carbonyl (C=O) groups excluding carboxylic acids is 2. The molecule has 1 atom stereocenters. The largest absolute Gasteiger partial charge is 0.326 e. The van der Waals surface area contributed by atoms with Gasteiger partial charge in [-0.15, -0.1) is 0 Å². The van der Waals surface area contributed by atoms with Crippen LogP contribution in [0.1, 0.15) is 38.8 Å². The van der Waals surface area contributed by atoms with Crippen LogP contribution < -0.4 is 11.1 Å². The van der Waals surface area contributed by atoms with E-state index in [0.717, 1.165) is 11.1 Å². The minimum atomic E-state index is -0.874. The van der Waals surface area contributed by atoms with Crippen molar-refractivity contribution in [2.75, 3.05) is 0 Å². The lowest BCUT2D eigenvalue weighted by Gasteiger charge is -2.35. The first-order valence-electron chi connectivity index (χ1n) is 7.11. The smallest absolute Gasteiger partial charge is 0.325 e. The van der Waals surface area contributed by atoms with E-state index in [2.05, 4.69) is 5.32 Å². The van der Waals surface area contributed by atoms with Crippen LogP contribution in [0.2, 0.25) is 0 Å². The van der Waals surface area contributed by atoms with Crippen LogP contribution >= 0.6 is 0 Å². The normalized spacial score (nSPS) is 22.6. The quantitative estimate of drug-likeness (QED) is 0.836. The monoisotopic (exact) mass is 289 g/mol. The molecule has 1 fully saturated rings. The van der Waals surface area contributed by atoms with E-state index in [4.69, 9.17) is 5.73 Å². The molecule has 0 aromatic heterocycles. The Kier molecular flexibility index (Phi) is 3.80. The van der Waals surface area contributed by atoms with Crippen LogP contribution in [-0.2, 0) is 17.9 Å². The fraction of sp³-hybridized carbons (Fsp3) is 0.500. The van der Waals surface area contributed by atoms with Crippen LogP contribution in [-0.4, -0.2) is 22.4 Å². The zero-order valence-corrected chi connectivity index (χ0v) is 13.1. The number of carbonyl (C=O) groups is 2. The number of hydrogen-bond acceptors (Lipinski definition) is 3. The van der Waals surface area contributed by atoms with Gasteiger partial charge in [-0.1, -0.05) is 45.0 Å². The van der Waals surface area contributed by atoms with Crippen molar-refractivity contribution in [2.24, 2.45) is 11.1 Å². The van der Waals surface area contributed by atoms with Crippen molar-refractivity contribution in [1.29, 1.82) is 0 Å². The van der Waals surface area contributed by atoms with Crippen molar-refractivity contribution in [3.05, 3.63) is 35.4 Å². The highest BCUT2D eigenvalue weighted by Gasteiger charge is 2.54. The average Bonchev–Trinajstić information content (AvgIpc) is 2.64. The van der Waals surface area contributed by atoms with Gasteiger partial charge in [-0.2, -0.15) is 0 Å². The molecule has 5 nitrogen and oxygen atoms in total. The van der Waals surface area contributed by atoms with Crippen molar-refractivity contribution < 1.29 is 9.59 Å². The lowest BCUT2D eigenvalue weighted by Crippen LogP contribution is -2.54. The van der Waals surface area contributed by atoms with Gasteiger partial charge >= 0.3 is 6.03 Å². The van der Waals surface area contributed by atoms with Crippen LogP contribution in [0.3, 0.4) is 0 Å². The third kappa shape index (κ3) is 2.65. The minimum Gasteiger partial charge on any atom is -0.326 e. The topological polar surface area (TPSA) is 75.4 Å². The predicted molar refractivity (Wildman–Crippen MR) is 81.3 cm³/mol. The van der Waals surface area contributed by atoms with Gasteiger partial charge in [0.25, 0.3) is 5.91 Å². The Labute approximate surface area is 125 Å². The average molecular weight is 289 g/mol. The number of rotatable bonds is 3. The molecule has 1 aliphatic rings. The molecule has 1 aromatic carbocycles. The van der Waals surface area contributed by atoms with E-state index in [-0.39, 0.29) is 23.9 Å². The zero-order valence-electron chi connectivity index (χ0n) is 13.1. The Morgan fingerprint density at radius 1 is 1.14 bits per heavy atom. The first kappa shape index (κ1) is 15.5. The maximum absolute atomic E-state index is 12.6. The van der Waals surface area contributed by atoms with E-state index in [0.29, 0.717) is 6.54 Å². The molecule has 5 heteroatoms. The van der Waals surface area contributed by atoms with E-state index in [9.17, 15) is 9.59 Å². The molecule has 0 bridgehead atoms. The Morgan fingerprint density at radius 2 is 1.67 bits per heavy atom. The van der Waals surface area contributed by atoms with E-state index in [1.165, 1.54) is 4.90 Å². The summed E-state index contributed by atoms with van der Waals surface area (Å²) in [7, 11) is 0. The van der Waals surface area contributed by atoms with Crippen LogP contribution in [0, 0.1) is 5.41 Å². The summed E-state index contributed by atoms with van der Waals surface area (Å²) in [5.41, 5.74) is 6.27. The van der Waals surface area contributed by atoms with Gasteiger partial charge in [0.1, 0.15) is 5.54 Å². The number of hydrogen-bond donors (Lipinski definition) is 2. The lowest BCUT2D eigenvalue weighted by molar-refractivity contribution is -0.134. The van der Waals surface area contributed by atoms with Gasteiger partial charge in [-0.25, -0.2) is 4.79 Å². The van der Waals surface area contributed by atoms with Crippen molar-refractivity contribution in [3.63, 3.8) is 0 Å². The molecular formula is C16H23N3O2. The summed E-state index contributed by atoms with van der Waals surface area (Å²) in [5, 5.41) is 2.83. The fourth-order valence-corrected chi connectivity index (χ4v) is 2.31. The molecule has 3 amide bonds. The van der Waals surface area contributed by atoms with Crippen LogP contribution in [0.5, 0.6) is 0 Å². The third-order valence-corrected chi connectivity index (χ3v) is 4.37. The van der Waals surface area contributed by atoms with Crippen LogP contribution in [0.4, 0.5) is 4.79 Å². The molecule has 1 unspecified atom stereocenters. The molecule has 0 radical (unpaired) electrons. The minimum absolute atomic E-state index is 0.178. The predicted octanol–water partition coefficient (Wildman–Crippen LogP) is 2.00. The van der Waals surface area contributed by atoms with E-state index in [1.54, 1.807) is 6.92 Å². The van der Waals surface area contributed by atoms with Gasteiger partial charge in [0.05, 0.1) is 6.54 Å². The molecule has 0 spiro atoms. The molecule has 2 rings (SSSR count). The Hall–Kier alpha value is -1.88. The Bertz CT molecular complexity index is 560. The maximum atomic E-state index is 12.6. The highest BCUT2D eigenvalue weighted by atomic mass is 16.2. The summed E-state index contributed by atoms with van der Waals surface area (Å²) in [6.45, 7) is 8.39. The van der Waals surface area contributed by atoms with Gasteiger partial charge in [0.15, 0.2) is 0 Å². The zero-order chi connectivity index (χ0) is 15.8. The van der Waals surface area contributed by atoms with Gasteiger partial charge in [-0.05, 0) is 23.5 Å². The highest BCUT2D eigenvalue weighted by Crippen LogP contribution is 2.35. The maximum Gasteiger partial charge on any atom is 0.325 e. The number of nitrogens with zero attached hydrogens (tertiary/aromatic N) is 1. The number of amides is 3. The highest BCUT2D eigenvalue weighted by molar-refractivity contribution is 6.07. The number of nitrogens with one attached hydrogen (secondary N) is 1. The number of benzene rings is 1. The van der Waals surface area contributed by atoms with Crippen LogP contribution in [0.15, 0.2) is 24.3 Å². The second-order valence-corrected chi connectivity index (χ2v) is 6.72. The van der Waals surface area contributed by atoms with Gasteiger partial charge in [0.2, 0.25) is 0 Å².